The summed E-state index contributed by atoms with van der Waals surface area (Å²) in [5.74, 6) is 1.72. The fraction of sp³-hybridized carbons (Fsp3) is 0.350. The fourth-order valence-corrected chi connectivity index (χ4v) is 3.94. The molecular formula is C20H21N3O3S. The Bertz CT molecular complexity index is 897. The first-order valence-corrected chi connectivity index (χ1v) is 10.0. The van der Waals surface area contributed by atoms with Gasteiger partial charge in [-0.2, -0.15) is 0 Å². The van der Waals surface area contributed by atoms with E-state index in [-0.39, 0.29) is 11.9 Å². The summed E-state index contributed by atoms with van der Waals surface area (Å²) in [5.41, 5.74) is 1.85. The van der Waals surface area contributed by atoms with Crippen LogP contribution in [-0.2, 0) is 11.3 Å². The number of aromatic nitrogens is 3. The van der Waals surface area contributed by atoms with Crippen LogP contribution >= 0.6 is 11.8 Å². The lowest BCUT2D eigenvalue weighted by atomic mass is 10.1. The van der Waals surface area contributed by atoms with Crippen LogP contribution in [0.3, 0.4) is 0 Å². The quantitative estimate of drug-likeness (QED) is 0.454. The molecule has 27 heavy (non-hydrogen) atoms. The van der Waals surface area contributed by atoms with Gasteiger partial charge >= 0.3 is 0 Å². The van der Waals surface area contributed by atoms with Crippen LogP contribution in [0.1, 0.15) is 28.8 Å². The molecule has 1 aliphatic heterocycles. The molecule has 0 amide bonds. The van der Waals surface area contributed by atoms with Crippen LogP contribution in [0.2, 0.25) is 0 Å². The van der Waals surface area contributed by atoms with E-state index in [0.29, 0.717) is 34.6 Å². The summed E-state index contributed by atoms with van der Waals surface area (Å²) in [6.45, 7) is 3.45. The summed E-state index contributed by atoms with van der Waals surface area (Å²) in [7, 11) is 0. The van der Waals surface area contributed by atoms with Crippen molar-refractivity contribution in [3.8, 4) is 11.6 Å². The molecule has 0 bridgehead atoms. The number of aryl methyl sites for hydroxylation is 1. The number of thioether (sulfide) groups is 1. The van der Waals surface area contributed by atoms with Crippen molar-refractivity contribution in [3.05, 3.63) is 53.8 Å². The van der Waals surface area contributed by atoms with E-state index >= 15 is 0 Å². The second-order valence-corrected chi connectivity index (χ2v) is 7.55. The van der Waals surface area contributed by atoms with Crippen LogP contribution in [-0.4, -0.2) is 39.0 Å². The molecular weight excluding hydrogens is 362 g/mol. The molecule has 1 aliphatic rings. The molecule has 1 fully saturated rings. The number of hydrogen-bond donors (Lipinski definition) is 0. The molecule has 0 unspecified atom stereocenters. The van der Waals surface area contributed by atoms with Gasteiger partial charge in [-0.3, -0.25) is 9.36 Å². The van der Waals surface area contributed by atoms with E-state index in [9.17, 15) is 4.79 Å². The number of Topliss-reactive ketones (excluding diaryl/α,β-unsaturated/α-hetero) is 1. The van der Waals surface area contributed by atoms with Crippen LogP contribution in [0.4, 0.5) is 0 Å². The van der Waals surface area contributed by atoms with Gasteiger partial charge in [-0.1, -0.05) is 41.6 Å². The number of carbonyl (C=O) groups excluding carboxylic acids is 1. The first-order valence-electron chi connectivity index (χ1n) is 9.02. The molecule has 3 aromatic rings. The van der Waals surface area contributed by atoms with E-state index in [4.69, 9.17) is 9.15 Å². The molecule has 4 rings (SSSR count). The van der Waals surface area contributed by atoms with E-state index in [1.165, 1.54) is 11.8 Å². The number of nitrogens with zero attached hydrogens (tertiary/aromatic N) is 3. The lowest BCUT2D eigenvalue weighted by Gasteiger charge is -2.13. The van der Waals surface area contributed by atoms with Gasteiger partial charge in [0, 0.05) is 12.2 Å². The second kappa shape index (κ2) is 8.10. The maximum absolute atomic E-state index is 12.5. The highest BCUT2D eigenvalue weighted by molar-refractivity contribution is 7.99. The van der Waals surface area contributed by atoms with Gasteiger partial charge in [-0.25, -0.2) is 0 Å². The van der Waals surface area contributed by atoms with Gasteiger partial charge in [0.15, 0.2) is 16.7 Å². The molecule has 7 heteroatoms. The lowest BCUT2D eigenvalue weighted by molar-refractivity contribution is 0.0952. The van der Waals surface area contributed by atoms with Crippen molar-refractivity contribution < 1.29 is 13.9 Å². The van der Waals surface area contributed by atoms with Gasteiger partial charge in [-0.15, -0.1) is 10.2 Å². The highest BCUT2D eigenvalue weighted by atomic mass is 32.2. The first-order chi connectivity index (χ1) is 13.2. The molecule has 0 spiro atoms. The third-order valence-electron chi connectivity index (χ3n) is 4.57. The highest BCUT2D eigenvalue weighted by Crippen LogP contribution is 2.27. The summed E-state index contributed by atoms with van der Waals surface area (Å²) in [5, 5.41) is 9.30. The maximum Gasteiger partial charge on any atom is 0.200 e. The molecule has 2 aromatic heterocycles. The zero-order valence-corrected chi connectivity index (χ0v) is 15.9. The summed E-state index contributed by atoms with van der Waals surface area (Å²) >= 11 is 1.40. The summed E-state index contributed by atoms with van der Waals surface area (Å²) < 4.78 is 13.3. The Morgan fingerprint density at radius 1 is 1.26 bits per heavy atom. The normalized spacial score (nSPS) is 16.7. The number of ketones is 1. The van der Waals surface area contributed by atoms with E-state index in [1.807, 2.05) is 47.9 Å². The number of rotatable bonds is 7. The van der Waals surface area contributed by atoms with Crippen LogP contribution in [0, 0.1) is 6.92 Å². The Labute approximate surface area is 161 Å². The van der Waals surface area contributed by atoms with Gasteiger partial charge in [0.05, 0.1) is 24.7 Å². The van der Waals surface area contributed by atoms with Crippen molar-refractivity contribution >= 4 is 17.5 Å². The van der Waals surface area contributed by atoms with E-state index in [2.05, 4.69) is 10.2 Å². The Kier molecular flexibility index (Phi) is 5.40. The van der Waals surface area contributed by atoms with E-state index in [1.54, 1.807) is 6.26 Å². The Hall–Kier alpha value is -2.38. The van der Waals surface area contributed by atoms with Crippen molar-refractivity contribution in [1.29, 1.82) is 0 Å². The van der Waals surface area contributed by atoms with Crippen molar-refractivity contribution in [2.24, 2.45) is 0 Å². The minimum Gasteiger partial charge on any atom is -0.461 e. The molecule has 1 saturated heterocycles. The fourth-order valence-electron chi connectivity index (χ4n) is 3.09. The number of furan rings is 1. The maximum atomic E-state index is 12.5. The number of benzene rings is 1. The Morgan fingerprint density at radius 3 is 2.81 bits per heavy atom. The monoisotopic (exact) mass is 383 g/mol. The molecule has 0 N–H and O–H groups in total. The third kappa shape index (κ3) is 4.14. The molecule has 0 aliphatic carbocycles. The van der Waals surface area contributed by atoms with Crippen LogP contribution in [0.15, 0.2) is 52.2 Å². The summed E-state index contributed by atoms with van der Waals surface area (Å²) in [6, 6.07) is 11.3. The summed E-state index contributed by atoms with van der Waals surface area (Å²) in [6.07, 6.45) is 3.84. The van der Waals surface area contributed by atoms with Crippen LogP contribution in [0.25, 0.3) is 11.6 Å². The van der Waals surface area contributed by atoms with Crippen LogP contribution in [0.5, 0.6) is 0 Å². The SMILES string of the molecule is Cc1ccc(C(=O)CSc2nnc(-c3ccco3)n2C[C@@H]2CCCO2)cc1. The molecule has 1 aromatic carbocycles. The predicted molar refractivity (Wildman–Crippen MR) is 103 cm³/mol. The average Bonchev–Trinajstić information content (AvgIpc) is 3.43. The molecule has 0 saturated carbocycles. The molecule has 6 nitrogen and oxygen atoms in total. The van der Waals surface area contributed by atoms with Gasteiger partial charge in [0.2, 0.25) is 5.82 Å². The zero-order chi connectivity index (χ0) is 18.6. The van der Waals surface area contributed by atoms with Crippen molar-refractivity contribution in [1.82, 2.24) is 14.8 Å². The number of hydrogen-bond acceptors (Lipinski definition) is 6. The van der Waals surface area contributed by atoms with Gasteiger partial charge in [0.25, 0.3) is 0 Å². The van der Waals surface area contributed by atoms with E-state index in [0.717, 1.165) is 25.0 Å². The van der Waals surface area contributed by atoms with Gasteiger partial charge in [0.1, 0.15) is 0 Å². The smallest absolute Gasteiger partial charge is 0.200 e. The summed E-state index contributed by atoms with van der Waals surface area (Å²) in [4.78, 5) is 12.5. The average molecular weight is 383 g/mol. The lowest BCUT2D eigenvalue weighted by Crippen LogP contribution is -2.17. The van der Waals surface area contributed by atoms with E-state index < -0.39 is 0 Å². The van der Waals surface area contributed by atoms with Crippen LogP contribution < -0.4 is 0 Å². The topological polar surface area (TPSA) is 70.2 Å². The highest BCUT2D eigenvalue weighted by Gasteiger charge is 2.23. The number of carbonyl (C=O) groups is 1. The minimum absolute atomic E-state index is 0.0752. The van der Waals surface area contributed by atoms with Crippen molar-refractivity contribution in [3.63, 3.8) is 0 Å². The molecule has 3 heterocycles. The Balaban J connectivity index is 1.52. The minimum atomic E-state index is 0.0752. The van der Waals surface area contributed by atoms with Gasteiger partial charge < -0.3 is 9.15 Å². The predicted octanol–water partition coefficient (Wildman–Crippen LogP) is 4.00. The number of ether oxygens (including phenoxy) is 1. The first kappa shape index (κ1) is 18.0. The van der Waals surface area contributed by atoms with Gasteiger partial charge in [-0.05, 0) is 31.9 Å². The standard InChI is InChI=1S/C20H21N3O3S/c1-14-6-8-15(9-7-14)17(24)13-27-20-22-21-19(18-5-3-11-26-18)23(20)12-16-4-2-10-25-16/h3,5-9,11,16H,2,4,10,12-13H2,1H3/t16-/m0/s1. The van der Waals surface area contributed by atoms with Crippen molar-refractivity contribution in [2.75, 3.05) is 12.4 Å². The molecule has 1 atom stereocenters. The Morgan fingerprint density at radius 2 is 2.11 bits per heavy atom. The van der Waals surface area contributed by atoms with Crippen molar-refractivity contribution in [2.45, 2.75) is 37.6 Å². The largest absolute Gasteiger partial charge is 0.461 e. The molecule has 140 valence electrons. The zero-order valence-electron chi connectivity index (χ0n) is 15.1. The third-order valence-corrected chi connectivity index (χ3v) is 5.54. The molecule has 0 radical (unpaired) electrons. The second-order valence-electron chi connectivity index (χ2n) is 6.61.